The van der Waals surface area contributed by atoms with Crippen molar-refractivity contribution in [2.24, 2.45) is 0 Å². The first kappa shape index (κ1) is 16.9. The van der Waals surface area contributed by atoms with Crippen molar-refractivity contribution in [3.05, 3.63) is 59.9 Å². The summed E-state index contributed by atoms with van der Waals surface area (Å²) in [5.74, 6) is 1.45. The van der Waals surface area contributed by atoms with Crippen molar-refractivity contribution in [2.75, 3.05) is 18.0 Å². The van der Waals surface area contributed by atoms with Gasteiger partial charge in [0.15, 0.2) is 5.82 Å². The van der Waals surface area contributed by atoms with Crippen molar-refractivity contribution in [1.29, 1.82) is 0 Å². The van der Waals surface area contributed by atoms with Gasteiger partial charge in [0.1, 0.15) is 5.82 Å². The Morgan fingerprint density at radius 1 is 1.08 bits per heavy atom. The predicted octanol–water partition coefficient (Wildman–Crippen LogP) is 3.82. The Bertz CT molecular complexity index is 886. The van der Waals surface area contributed by atoms with Gasteiger partial charge in [-0.15, -0.1) is 0 Å². The van der Waals surface area contributed by atoms with Gasteiger partial charge in [-0.25, -0.2) is 9.97 Å². The maximum absolute atomic E-state index is 10.0. The van der Waals surface area contributed by atoms with Gasteiger partial charge in [0.25, 0.3) is 0 Å². The number of β-amino-alcohol motifs (C(OH)–C–C–N with tert-alkyl or cyclic N) is 1. The van der Waals surface area contributed by atoms with E-state index in [1.165, 1.54) is 0 Å². The molecular weight excluding hydrogens is 348 g/mol. The van der Waals surface area contributed by atoms with Crippen LogP contribution in [0.15, 0.2) is 54.9 Å². The number of halogens is 1. The molecule has 1 atom stereocenters. The van der Waals surface area contributed by atoms with Crippen LogP contribution in [0.3, 0.4) is 0 Å². The Hall–Kier alpha value is -2.50. The largest absolute Gasteiger partial charge is 0.391 e. The molecule has 4 rings (SSSR count). The second kappa shape index (κ2) is 7.40. The number of piperidine rings is 1. The number of aliphatic hydroxyl groups is 1. The lowest BCUT2D eigenvalue weighted by Gasteiger charge is -2.31. The highest BCUT2D eigenvalue weighted by Crippen LogP contribution is 2.28. The number of hydrogen-bond donors (Lipinski definition) is 1. The van der Waals surface area contributed by atoms with Crippen molar-refractivity contribution in [1.82, 2.24) is 15.0 Å². The molecule has 26 heavy (non-hydrogen) atoms. The van der Waals surface area contributed by atoms with E-state index in [4.69, 9.17) is 21.6 Å². The van der Waals surface area contributed by atoms with Crippen LogP contribution in [0.4, 0.5) is 5.82 Å². The number of pyridine rings is 1. The molecule has 0 bridgehead atoms. The van der Waals surface area contributed by atoms with E-state index >= 15 is 0 Å². The zero-order valence-corrected chi connectivity index (χ0v) is 15.0. The highest BCUT2D eigenvalue weighted by molar-refractivity contribution is 6.30. The minimum absolute atomic E-state index is 0.320. The van der Waals surface area contributed by atoms with Gasteiger partial charge < -0.3 is 10.0 Å². The third-order valence-electron chi connectivity index (χ3n) is 4.49. The zero-order chi connectivity index (χ0) is 17.9. The van der Waals surface area contributed by atoms with Crippen LogP contribution in [0.2, 0.25) is 5.02 Å². The molecule has 132 valence electrons. The van der Waals surface area contributed by atoms with E-state index in [9.17, 15) is 5.11 Å². The lowest BCUT2D eigenvalue weighted by molar-refractivity contribution is 0.154. The van der Waals surface area contributed by atoms with E-state index in [0.29, 0.717) is 17.4 Å². The summed E-state index contributed by atoms with van der Waals surface area (Å²) >= 11 is 6.02. The van der Waals surface area contributed by atoms with E-state index in [1.807, 2.05) is 42.5 Å². The van der Waals surface area contributed by atoms with Gasteiger partial charge in [-0.05, 0) is 37.1 Å². The van der Waals surface area contributed by atoms with Crippen molar-refractivity contribution in [2.45, 2.75) is 18.9 Å². The normalized spacial score (nSPS) is 17.3. The average Bonchev–Trinajstić information content (AvgIpc) is 2.69. The highest BCUT2D eigenvalue weighted by atomic mass is 35.5. The Morgan fingerprint density at radius 3 is 2.65 bits per heavy atom. The Labute approximate surface area is 157 Å². The van der Waals surface area contributed by atoms with Gasteiger partial charge in [-0.1, -0.05) is 23.7 Å². The van der Waals surface area contributed by atoms with Crippen molar-refractivity contribution in [3.8, 4) is 22.6 Å². The lowest BCUT2D eigenvalue weighted by Crippen LogP contribution is -2.38. The number of nitrogens with zero attached hydrogens (tertiary/aromatic N) is 4. The monoisotopic (exact) mass is 366 g/mol. The van der Waals surface area contributed by atoms with E-state index in [0.717, 1.165) is 42.0 Å². The summed E-state index contributed by atoms with van der Waals surface area (Å²) in [7, 11) is 0. The smallest absolute Gasteiger partial charge is 0.163 e. The second-order valence-electron chi connectivity index (χ2n) is 6.43. The number of benzene rings is 1. The number of aliphatic hydroxyl groups excluding tert-OH is 1. The quantitative estimate of drug-likeness (QED) is 0.763. The molecule has 0 spiro atoms. The Morgan fingerprint density at radius 2 is 1.92 bits per heavy atom. The SMILES string of the molecule is OC1CCCN(c2cc(-c3ccc(Cl)cc3)nc(-c3cccnc3)n2)C1. The van der Waals surface area contributed by atoms with E-state index in [2.05, 4.69) is 9.88 Å². The van der Waals surface area contributed by atoms with Gasteiger partial charge in [0.2, 0.25) is 0 Å². The number of aromatic nitrogens is 3. The summed E-state index contributed by atoms with van der Waals surface area (Å²) in [5.41, 5.74) is 2.66. The third-order valence-corrected chi connectivity index (χ3v) is 4.74. The topological polar surface area (TPSA) is 62.1 Å². The number of rotatable bonds is 3. The molecule has 0 aliphatic carbocycles. The van der Waals surface area contributed by atoms with Crippen LogP contribution in [0, 0.1) is 0 Å². The molecule has 1 saturated heterocycles. The molecule has 1 N–H and O–H groups in total. The molecule has 3 heterocycles. The molecule has 2 aromatic heterocycles. The molecule has 0 amide bonds. The fraction of sp³-hybridized carbons (Fsp3) is 0.250. The van der Waals surface area contributed by atoms with Crippen LogP contribution >= 0.6 is 11.6 Å². The maximum atomic E-state index is 10.0. The van der Waals surface area contributed by atoms with Gasteiger partial charge in [-0.3, -0.25) is 4.98 Å². The molecule has 1 aliphatic heterocycles. The summed E-state index contributed by atoms with van der Waals surface area (Å²) in [5, 5.41) is 10.7. The molecule has 1 unspecified atom stereocenters. The fourth-order valence-electron chi connectivity index (χ4n) is 3.15. The Kier molecular flexibility index (Phi) is 4.82. The minimum atomic E-state index is -0.320. The number of anilines is 1. The van der Waals surface area contributed by atoms with E-state index < -0.39 is 0 Å². The van der Waals surface area contributed by atoms with Crippen LogP contribution < -0.4 is 4.90 Å². The standard InChI is InChI=1S/C20H19ClN4O/c21-16-7-5-14(6-8-16)18-11-19(25-10-2-4-17(26)13-25)24-20(23-18)15-3-1-9-22-12-15/h1,3,5-9,11-12,17,26H,2,4,10,13H2. The molecule has 0 saturated carbocycles. The van der Waals surface area contributed by atoms with Gasteiger partial charge in [0.05, 0.1) is 11.8 Å². The van der Waals surface area contributed by atoms with Crippen LogP contribution in [0.25, 0.3) is 22.6 Å². The molecule has 1 aromatic carbocycles. The van der Waals surface area contributed by atoms with Crippen molar-refractivity contribution >= 4 is 17.4 Å². The first-order valence-electron chi connectivity index (χ1n) is 8.67. The molecule has 1 fully saturated rings. The molecule has 0 radical (unpaired) electrons. The lowest BCUT2D eigenvalue weighted by atomic mass is 10.1. The molecule has 6 heteroatoms. The summed E-state index contributed by atoms with van der Waals surface area (Å²) in [6, 6.07) is 13.4. The van der Waals surface area contributed by atoms with Gasteiger partial charge >= 0.3 is 0 Å². The van der Waals surface area contributed by atoms with Crippen LogP contribution in [0.1, 0.15) is 12.8 Å². The summed E-state index contributed by atoms with van der Waals surface area (Å²) < 4.78 is 0. The second-order valence-corrected chi connectivity index (χ2v) is 6.86. The van der Waals surface area contributed by atoms with Crippen LogP contribution in [-0.4, -0.2) is 39.3 Å². The molecule has 3 aromatic rings. The highest BCUT2D eigenvalue weighted by Gasteiger charge is 2.20. The van der Waals surface area contributed by atoms with Gasteiger partial charge in [-0.2, -0.15) is 0 Å². The fourth-order valence-corrected chi connectivity index (χ4v) is 3.28. The molecule has 1 aliphatic rings. The van der Waals surface area contributed by atoms with E-state index in [-0.39, 0.29) is 6.10 Å². The van der Waals surface area contributed by atoms with E-state index in [1.54, 1.807) is 12.4 Å². The summed E-state index contributed by atoms with van der Waals surface area (Å²) in [4.78, 5) is 15.8. The maximum Gasteiger partial charge on any atom is 0.163 e. The average molecular weight is 367 g/mol. The summed E-state index contributed by atoms with van der Waals surface area (Å²) in [6.07, 6.45) is 4.95. The minimum Gasteiger partial charge on any atom is -0.391 e. The van der Waals surface area contributed by atoms with Crippen molar-refractivity contribution in [3.63, 3.8) is 0 Å². The van der Waals surface area contributed by atoms with Crippen molar-refractivity contribution < 1.29 is 5.11 Å². The Balaban J connectivity index is 1.80. The molecular formula is C20H19ClN4O. The van der Waals surface area contributed by atoms with Gasteiger partial charge in [0, 0.05) is 47.7 Å². The van der Waals surface area contributed by atoms with Crippen LogP contribution in [0.5, 0.6) is 0 Å². The summed E-state index contributed by atoms with van der Waals surface area (Å²) in [6.45, 7) is 1.46. The molecule has 5 nitrogen and oxygen atoms in total. The first-order valence-corrected chi connectivity index (χ1v) is 9.05. The zero-order valence-electron chi connectivity index (χ0n) is 14.2. The number of hydrogen-bond acceptors (Lipinski definition) is 5. The third kappa shape index (κ3) is 3.69. The first-order chi connectivity index (χ1) is 12.7. The predicted molar refractivity (Wildman–Crippen MR) is 103 cm³/mol. The van der Waals surface area contributed by atoms with Crippen LogP contribution in [-0.2, 0) is 0 Å².